The van der Waals surface area contributed by atoms with E-state index < -0.39 is 0 Å². The zero-order valence-electron chi connectivity index (χ0n) is 14.4. The number of rotatable bonds is 8. The van der Waals surface area contributed by atoms with Gasteiger partial charge >= 0.3 is 5.97 Å². The number of carbonyl (C=O) groups excluding carboxylic acids is 2. The minimum absolute atomic E-state index is 0.0964. The van der Waals surface area contributed by atoms with Gasteiger partial charge in [-0.1, -0.05) is 12.1 Å². The molecule has 0 fully saturated rings. The van der Waals surface area contributed by atoms with E-state index in [9.17, 15) is 9.59 Å². The van der Waals surface area contributed by atoms with Crippen LogP contribution in [0.4, 0.5) is 11.4 Å². The smallest absolute Gasteiger partial charge is 0.338 e. The highest BCUT2D eigenvalue weighted by molar-refractivity contribution is 5.95. The summed E-state index contributed by atoms with van der Waals surface area (Å²) in [6, 6.07) is 14.0. The summed E-state index contributed by atoms with van der Waals surface area (Å²) in [5, 5.41) is 5.82. The number of esters is 1. The maximum absolute atomic E-state index is 12.1. The van der Waals surface area contributed by atoms with Crippen molar-refractivity contribution in [2.24, 2.45) is 0 Å². The van der Waals surface area contributed by atoms with Gasteiger partial charge < -0.3 is 20.1 Å². The van der Waals surface area contributed by atoms with E-state index in [1.807, 2.05) is 19.1 Å². The highest BCUT2D eigenvalue weighted by Crippen LogP contribution is 2.23. The molecule has 0 heterocycles. The largest absolute Gasteiger partial charge is 0.492 e. The Kier molecular flexibility index (Phi) is 6.83. The van der Waals surface area contributed by atoms with Crippen molar-refractivity contribution >= 4 is 23.3 Å². The molecule has 0 radical (unpaired) electrons. The van der Waals surface area contributed by atoms with Gasteiger partial charge in [0.2, 0.25) is 5.91 Å². The molecule has 0 bridgehead atoms. The average Bonchev–Trinajstić information content (AvgIpc) is 2.62. The molecule has 0 aliphatic rings. The van der Waals surface area contributed by atoms with Crippen molar-refractivity contribution in [2.45, 2.75) is 13.8 Å². The van der Waals surface area contributed by atoms with Crippen molar-refractivity contribution in [1.29, 1.82) is 0 Å². The second-order valence-electron chi connectivity index (χ2n) is 5.13. The van der Waals surface area contributed by atoms with E-state index in [-0.39, 0.29) is 18.4 Å². The van der Waals surface area contributed by atoms with Gasteiger partial charge in [-0.15, -0.1) is 0 Å². The van der Waals surface area contributed by atoms with E-state index in [0.717, 1.165) is 5.69 Å². The van der Waals surface area contributed by atoms with Crippen LogP contribution < -0.4 is 15.4 Å². The Hall–Kier alpha value is -3.02. The summed E-state index contributed by atoms with van der Waals surface area (Å²) < 4.78 is 10.4. The van der Waals surface area contributed by atoms with Gasteiger partial charge in [-0.3, -0.25) is 4.79 Å². The number of amides is 1. The summed E-state index contributed by atoms with van der Waals surface area (Å²) in [6.45, 7) is 4.61. The molecule has 2 rings (SSSR count). The number of anilines is 2. The number of nitrogens with one attached hydrogen (secondary N) is 2. The first-order chi connectivity index (χ1) is 12.1. The number of para-hydroxylation sites is 2. The SMILES string of the molecule is CCOC(=O)c1ccc(NCC(=O)Nc2ccccc2OCC)cc1. The highest BCUT2D eigenvalue weighted by atomic mass is 16.5. The Balaban J connectivity index is 1.89. The summed E-state index contributed by atoms with van der Waals surface area (Å²) in [5.41, 5.74) is 1.84. The lowest BCUT2D eigenvalue weighted by molar-refractivity contribution is -0.114. The van der Waals surface area contributed by atoms with Crippen LogP contribution >= 0.6 is 0 Å². The van der Waals surface area contributed by atoms with Crippen LogP contribution in [0.5, 0.6) is 5.75 Å². The summed E-state index contributed by atoms with van der Waals surface area (Å²) in [7, 11) is 0. The van der Waals surface area contributed by atoms with Gasteiger partial charge in [0.1, 0.15) is 5.75 Å². The van der Waals surface area contributed by atoms with E-state index in [2.05, 4.69) is 10.6 Å². The Labute approximate surface area is 147 Å². The maximum Gasteiger partial charge on any atom is 0.338 e. The standard InChI is InChI=1S/C19H22N2O4/c1-3-24-17-8-6-5-7-16(17)21-18(22)13-20-15-11-9-14(10-12-15)19(23)25-4-2/h5-12,20H,3-4,13H2,1-2H3,(H,21,22). The molecule has 6 nitrogen and oxygen atoms in total. The van der Waals surface area contributed by atoms with Gasteiger partial charge in [-0.25, -0.2) is 4.79 Å². The predicted octanol–water partition coefficient (Wildman–Crippen LogP) is 3.31. The van der Waals surface area contributed by atoms with Gasteiger partial charge in [0.05, 0.1) is 31.0 Å². The lowest BCUT2D eigenvalue weighted by atomic mass is 10.2. The molecular weight excluding hydrogens is 320 g/mol. The van der Waals surface area contributed by atoms with Crippen molar-refractivity contribution in [3.05, 3.63) is 54.1 Å². The normalized spacial score (nSPS) is 10.0. The summed E-state index contributed by atoms with van der Waals surface area (Å²) >= 11 is 0. The average molecular weight is 342 g/mol. The van der Waals surface area contributed by atoms with Crippen molar-refractivity contribution in [2.75, 3.05) is 30.4 Å². The Morgan fingerprint density at radius 3 is 2.36 bits per heavy atom. The molecule has 2 aromatic carbocycles. The number of benzene rings is 2. The van der Waals surface area contributed by atoms with Crippen LogP contribution in [-0.4, -0.2) is 31.6 Å². The molecule has 0 aliphatic carbocycles. The molecule has 25 heavy (non-hydrogen) atoms. The minimum Gasteiger partial charge on any atom is -0.492 e. The zero-order valence-corrected chi connectivity index (χ0v) is 14.4. The van der Waals surface area contributed by atoms with E-state index in [4.69, 9.17) is 9.47 Å². The second-order valence-corrected chi connectivity index (χ2v) is 5.13. The van der Waals surface area contributed by atoms with Crippen molar-refractivity contribution in [3.8, 4) is 5.75 Å². The maximum atomic E-state index is 12.1. The van der Waals surface area contributed by atoms with Crippen LogP contribution in [0.25, 0.3) is 0 Å². The van der Waals surface area contributed by atoms with Crippen LogP contribution in [0, 0.1) is 0 Å². The van der Waals surface area contributed by atoms with Gasteiger partial charge in [-0.2, -0.15) is 0 Å². The lowest BCUT2D eigenvalue weighted by Gasteiger charge is -2.12. The highest BCUT2D eigenvalue weighted by Gasteiger charge is 2.08. The summed E-state index contributed by atoms with van der Waals surface area (Å²) in [6.07, 6.45) is 0. The quantitative estimate of drug-likeness (QED) is 0.720. The molecule has 6 heteroatoms. The monoisotopic (exact) mass is 342 g/mol. The molecule has 0 saturated heterocycles. The summed E-state index contributed by atoms with van der Waals surface area (Å²) in [4.78, 5) is 23.7. The predicted molar refractivity (Wildman–Crippen MR) is 97.1 cm³/mol. The Morgan fingerprint density at radius 2 is 1.68 bits per heavy atom. The topological polar surface area (TPSA) is 76.7 Å². The van der Waals surface area contributed by atoms with Crippen LogP contribution in [0.2, 0.25) is 0 Å². The molecule has 2 N–H and O–H groups in total. The molecule has 0 atom stereocenters. The molecule has 1 amide bonds. The molecule has 0 spiro atoms. The number of hydrogen-bond acceptors (Lipinski definition) is 5. The second kappa shape index (κ2) is 9.32. The van der Waals surface area contributed by atoms with Crippen molar-refractivity contribution in [1.82, 2.24) is 0 Å². The molecule has 2 aromatic rings. The first-order valence-corrected chi connectivity index (χ1v) is 8.16. The van der Waals surface area contributed by atoms with Crippen LogP contribution in [0.15, 0.2) is 48.5 Å². The Morgan fingerprint density at radius 1 is 0.960 bits per heavy atom. The van der Waals surface area contributed by atoms with Crippen LogP contribution in [0.1, 0.15) is 24.2 Å². The third-order valence-electron chi connectivity index (χ3n) is 3.31. The molecule has 0 saturated carbocycles. The first-order valence-electron chi connectivity index (χ1n) is 8.16. The van der Waals surface area contributed by atoms with E-state index in [1.54, 1.807) is 43.3 Å². The first kappa shape index (κ1) is 18.3. The van der Waals surface area contributed by atoms with E-state index in [0.29, 0.717) is 30.2 Å². The fourth-order valence-corrected chi connectivity index (χ4v) is 2.17. The van der Waals surface area contributed by atoms with Crippen molar-refractivity contribution < 1.29 is 19.1 Å². The lowest BCUT2D eigenvalue weighted by Crippen LogP contribution is -2.22. The van der Waals surface area contributed by atoms with Gasteiger partial charge in [0, 0.05) is 5.69 Å². The molecular formula is C19H22N2O4. The fraction of sp³-hybridized carbons (Fsp3) is 0.263. The third kappa shape index (κ3) is 5.53. The molecule has 0 aliphatic heterocycles. The fourth-order valence-electron chi connectivity index (χ4n) is 2.17. The van der Waals surface area contributed by atoms with E-state index >= 15 is 0 Å². The third-order valence-corrected chi connectivity index (χ3v) is 3.31. The van der Waals surface area contributed by atoms with Gasteiger partial charge in [0.15, 0.2) is 0 Å². The van der Waals surface area contributed by atoms with Gasteiger partial charge in [-0.05, 0) is 50.2 Å². The Bertz CT molecular complexity index is 714. The van der Waals surface area contributed by atoms with Gasteiger partial charge in [0.25, 0.3) is 0 Å². The molecule has 0 aromatic heterocycles. The molecule has 0 unspecified atom stereocenters. The number of carbonyl (C=O) groups is 2. The van der Waals surface area contributed by atoms with Crippen LogP contribution in [-0.2, 0) is 9.53 Å². The van der Waals surface area contributed by atoms with Crippen LogP contribution in [0.3, 0.4) is 0 Å². The zero-order chi connectivity index (χ0) is 18.1. The van der Waals surface area contributed by atoms with E-state index in [1.165, 1.54) is 0 Å². The minimum atomic E-state index is -0.362. The van der Waals surface area contributed by atoms with Crippen molar-refractivity contribution in [3.63, 3.8) is 0 Å². The number of ether oxygens (including phenoxy) is 2. The molecule has 132 valence electrons. The number of hydrogen-bond donors (Lipinski definition) is 2. The summed E-state index contributed by atoms with van der Waals surface area (Å²) in [5.74, 6) is 0.0816.